The lowest BCUT2D eigenvalue weighted by Crippen LogP contribution is -2.36. The lowest BCUT2D eigenvalue weighted by Gasteiger charge is -2.30. The molecule has 3 N–H and O–H groups in total. The topological polar surface area (TPSA) is 72.2 Å². The fourth-order valence-electron chi connectivity index (χ4n) is 2.32. The Bertz CT molecular complexity index is 511. The Morgan fingerprint density at radius 2 is 1.67 bits per heavy atom. The van der Waals surface area contributed by atoms with Gasteiger partial charge in [-0.2, -0.15) is 0 Å². The second-order valence-corrected chi connectivity index (χ2v) is 7.72. The maximum absolute atomic E-state index is 12.0. The maximum atomic E-state index is 12.0. The van der Waals surface area contributed by atoms with Crippen LogP contribution >= 0.6 is 0 Å². The highest BCUT2D eigenvalue weighted by Crippen LogP contribution is 2.25. The molecule has 0 aliphatic carbocycles. The SMILES string of the molecule is CCCS(=O)(=O)c1ccc(NCC(CC)(CC)CN)cc1. The Kier molecular flexibility index (Phi) is 6.68. The van der Waals surface area contributed by atoms with E-state index in [4.69, 9.17) is 5.73 Å². The van der Waals surface area contributed by atoms with Crippen molar-refractivity contribution in [3.63, 3.8) is 0 Å². The quantitative estimate of drug-likeness (QED) is 0.735. The summed E-state index contributed by atoms with van der Waals surface area (Å²) >= 11 is 0. The second-order valence-electron chi connectivity index (χ2n) is 5.61. The van der Waals surface area contributed by atoms with Crippen LogP contribution in [0.5, 0.6) is 0 Å². The molecule has 4 nitrogen and oxygen atoms in total. The molecule has 0 aliphatic heterocycles. The van der Waals surface area contributed by atoms with Gasteiger partial charge in [-0.25, -0.2) is 8.42 Å². The molecule has 21 heavy (non-hydrogen) atoms. The van der Waals surface area contributed by atoms with E-state index in [1.54, 1.807) is 12.1 Å². The highest BCUT2D eigenvalue weighted by Gasteiger charge is 2.23. The zero-order valence-electron chi connectivity index (χ0n) is 13.4. The Balaban J connectivity index is 2.76. The maximum Gasteiger partial charge on any atom is 0.178 e. The van der Waals surface area contributed by atoms with E-state index < -0.39 is 9.84 Å². The van der Waals surface area contributed by atoms with E-state index in [-0.39, 0.29) is 11.2 Å². The Morgan fingerprint density at radius 3 is 2.10 bits per heavy atom. The van der Waals surface area contributed by atoms with Gasteiger partial charge in [-0.15, -0.1) is 0 Å². The number of rotatable bonds is 9. The minimum atomic E-state index is -3.13. The standard InChI is InChI=1S/C16H28N2O2S/c1-4-11-21(19,20)15-9-7-14(8-10-15)18-13-16(5-2,6-3)12-17/h7-10,18H,4-6,11-13,17H2,1-3H3. The molecule has 0 aliphatic rings. The summed E-state index contributed by atoms with van der Waals surface area (Å²) in [7, 11) is -3.13. The summed E-state index contributed by atoms with van der Waals surface area (Å²) in [5, 5.41) is 3.37. The minimum Gasteiger partial charge on any atom is -0.384 e. The number of benzene rings is 1. The first-order chi connectivity index (χ1) is 9.93. The van der Waals surface area contributed by atoms with Gasteiger partial charge in [0, 0.05) is 12.2 Å². The van der Waals surface area contributed by atoms with Gasteiger partial charge in [-0.1, -0.05) is 20.8 Å². The molecule has 0 aromatic heterocycles. The molecular formula is C16H28N2O2S. The van der Waals surface area contributed by atoms with Crippen molar-refractivity contribution in [3.8, 4) is 0 Å². The van der Waals surface area contributed by atoms with Gasteiger partial charge >= 0.3 is 0 Å². The summed E-state index contributed by atoms with van der Waals surface area (Å²) in [5.41, 5.74) is 6.93. The number of hydrogen-bond donors (Lipinski definition) is 2. The number of nitrogens with one attached hydrogen (secondary N) is 1. The van der Waals surface area contributed by atoms with Crippen LogP contribution in [0.15, 0.2) is 29.2 Å². The van der Waals surface area contributed by atoms with Gasteiger partial charge in [0.05, 0.1) is 10.6 Å². The van der Waals surface area contributed by atoms with E-state index in [1.807, 2.05) is 19.1 Å². The van der Waals surface area contributed by atoms with E-state index >= 15 is 0 Å². The molecule has 0 radical (unpaired) electrons. The predicted molar refractivity (Wildman–Crippen MR) is 89.3 cm³/mol. The third-order valence-electron chi connectivity index (χ3n) is 4.29. The van der Waals surface area contributed by atoms with Crippen molar-refractivity contribution in [3.05, 3.63) is 24.3 Å². The molecule has 0 unspecified atom stereocenters. The van der Waals surface area contributed by atoms with Crippen LogP contribution in [-0.4, -0.2) is 27.3 Å². The fraction of sp³-hybridized carbons (Fsp3) is 0.625. The molecule has 1 aromatic rings. The number of anilines is 1. The number of nitrogens with two attached hydrogens (primary N) is 1. The summed E-state index contributed by atoms with van der Waals surface area (Å²) in [6, 6.07) is 7.01. The van der Waals surface area contributed by atoms with Crippen LogP contribution in [0, 0.1) is 5.41 Å². The Morgan fingerprint density at radius 1 is 1.10 bits per heavy atom. The normalized spacial score (nSPS) is 12.4. The van der Waals surface area contributed by atoms with Crippen LogP contribution in [0.1, 0.15) is 40.0 Å². The minimum absolute atomic E-state index is 0.104. The van der Waals surface area contributed by atoms with Crippen LogP contribution in [0.2, 0.25) is 0 Å². The highest BCUT2D eigenvalue weighted by atomic mass is 32.2. The van der Waals surface area contributed by atoms with Crippen molar-refractivity contribution >= 4 is 15.5 Å². The molecule has 0 saturated carbocycles. The molecule has 0 bridgehead atoms. The van der Waals surface area contributed by atoms with Gasteiger partial charge in [0.15, 0.2) is 9.84 Å². The predicted octanol–water partition coefficient (Wildman–Crippen LogP) is 3.05. The van der Waals surface area contributed by atoms with E-state index in [2.05, 4.69) is 19.2 Å². The number of hydrogen-bond acceptors (Lipinski definition) is 4. The third kappa shape index (κ3) is 4.71. The van der Waals surface area contributed by atoms with Crippen molar-refractivity contribution in [1.82, 2.24) is 0 Å². The molecule has 0 amide bonds. The average Bonchev–Trinajstić information content (AvgIpc) is 2.50. The average molecular weight is 312 g/mol. The third-order valence-corrected chi connectivity index (χ3v) is 6.22. The summed E-state index contributed by atoms with van der Waals surface area (Å²) < 4.78 is 23.9. The van der Waals surface area contributed by atoms with Gasteiger partial charge < -0.3 is 11.1 Å². The molecular weight excluding hydrogens is 284 g/mol. The highest BCUT2D eigenvalue weighted by molar-refractivity contribution is 7.91. The first-order valence-electron chi connectivity index (χ1n) is 7.69. The summed E-state index contributed by atoms with van der Waals surface area (Å²) in [6.45, 7) is 7.62. The molecule has 0 spiro atoms. The van der Waals surface area contributed by atoms with Crippen molar-refractivity contribution in [2.24, 2.45) is 11.1 Å². The van der Waals surface area contributed by atoms with Gasteiger partial charge in [0.25, 0.3) is 0 Å². The van der Waals surface area contributed by atoms with E-state index in [1.165, 1.54) is 0 Å². The van der Waals surface area contributed by atoms with E-state index in [9.17, 15) is 8.42 Å². The molecule has 0 fully saturated rings. The monoisotopic (exact) mass is 312 g/mol. The largest absolute Gasteiger partial charge is 0.384 e. The molecule has 5 heteroatoms. The van der Waals surface area contributed by atoms with Crippen molar-refractivity contribution in [2.45, 2.75) is 44.9 Å². The number of sulfone groups is 1. The van der Waals surface area contributed by atoms with E-state index in [0.717, 1.165) is 25.1 Å². The lowest BCUT2D eigenvalue weighted by atomic mass is 9.82. The van der Waals surface area contributed by atoms with Crippen molar-refractivity contribution in [2.75, 3.05) is 24.2 Å². The van der Waals surface area contributed by atoms with Gasteiger partial charge in [0.2, 0.25) is 0 Å². The van der Waals surface area contributed by atoms with E-state index in [0.29, 0.717) is 17.9 Å². The smallest absolute Gasteiger partial charge is 0.178 e. The Labute approximate surface area is 129 Å². The zero-order valence-corrected chi connectivity index (χ0v) is 14.2. The lowest BCUT2D eigenvalue weighted by molar-refractivity contribution is 0.294. The molecule has 0 saturated heterocycles. The second kappa shape index (κ2) is 7.80. The summed E-state index contributed by atoms with van der Waals surface area (Å²) in [4.78, 5) is 0.394. The van der Waals surface area contributed by atoms with Crippen LogP contribution < -0.4 is 11.1 Å². The molecule has 120 valence electrons. The van der Waals surface area contributed by atoms with Crippen LogP contribution in [0.3, 0.4) is 0 Å². The molecule has 0 atom stereocenters. The zero-order chi connectivity index (χ0) is 15.9. The van der Waals surface area contributed by atoms with Crippen LogP contribution in [0.4, 0.5) is 5.69 Å². The molecule has 1 rings (SSSR count). The van der Waals surface area contributed by atoms with Crippen molar-refractivity contribution in [1.29, 1.82) is 0 Å². The fourth-order valence-corrected chi connectivity index (χ4v) is 3.64. The van der Waals surface area contributed by atoms with Crippen molar-refractivity contribution < 1.29 is 8.42 Å². The molecule has 0 heterocycles. The van der Waals surface area contributed by atoms with Crippen LogP contribution in [0.25, 0.3) is 0 Å². The van der Waals surface area contributed by atoms with Gasteiger partial charge in [-0.3, -0.25) is 0 Å². The van der Waals surface area contributed by atoms with Gasteiger partial charge in [0.1, 0.15) is 0 Å². The first-order valence-corrected chi connectivity index (χ1v) is 9.35. The summed E-state index contributed by atoms with van der Waals surface area (Å²) in [5.74, 6) is 0.196. The first kappa shape index (κ1) is 18.0. The van der Waals surface area contributed by atoms with Gasteiger partial charge in [-0.05, 0) is 55.5 Å². The summed E-state index contributed by atoms with van der Waals surface area (Å²) in [6.07, 6.45) is 2.68. The van der Waals surface area contributed by atoms with Crippen LogP contribution in [-0.2, 0) is 9.84 Å². The Hall–Kier alpha value is -1.07. The molecule has 1 aromatic carbocycles.